The molecule has 0 spiro atoms. The Bertz CT molecular complexity index is 554. The summed E-state index contributed by atoms with van der Waals surface area (Å²) < 4.78 is 33.3. The van der Waals surface area contributed by atoms with E-state index in [0.29, 0.717) is 0 Å². The van der Waals surface area contributed by atoms with Crippen molar-refractivity contribution in [1.29, 1.82) is 0 Å². The molecule has 1 saturated carbocycles. The van der Waals surface area contributed by atoms with Crippen LogP contribution in [0.3, 0.4) is 0 Å². The predicted molar refractivity (Wildman–Crippen MR) is 78.1 cm³/mol. The van der Waals surface area contributed by atoms with Crippen LogP contribution in [-0.2, 0) is 16.1 Å². The minimum atomic E-state index is -2.50. The van der Waals surface area contributed by atoms with Crippen LogP contribution in [0.25, 0.3) is 0 Å². The normalized spacial score (nSPS) is 26.7. The van der Waals surface area contributed by atoms with Crippen LogP contribution in [0, 0.1) is 5.92 Å². The molecule has 1 aromatic rings. The summed E-state index contributed by atoms with van der Waals surface area (Å²) in [6.45, 7) is -0.0395. The molecule has 1 aliphatic rings. The first-order chi connectivity index (χ1) is 10.9. The summed E-state index contributed by atoms with van der Waals surface area (Å²) in [6.07, 6.45) is -3.22. The van der Waals surface area contributed by atoms with E-state index in [1.54, 1.807) is 24.3 Å². The molecule has 3 atom stereocenters. The first kappa shape index (κ1) is 17.2. The molecule has 5 nitrogen and oxygen atoms in total. The van der Waals surface area contributed by atoms with Crippen molar-refractivity contribution < 1.29 is 28.2 Å². The van der Waals surface area contributed by atoms with Gasteiger partial charge >= 0.3 is 12.1 Å². The highest BCUT2D eigenvalue weighted by Crippen LogP contribution is 2.40. The van der Waals surface area contributed by atoms with Crippen LogP contribution in [0.1, 0.15) is 31.2 Å². The molecule has 7 heteroatoms. The van der Waals surface area contributed by atoms with E-state index in [2.05, 4.69) is 0 Å². The number of alkyl carbamates (subject to hydrolysis) is 1. The molecule has 2 rings (SSSR count). The number of aliphatic carboxylic acids is 1. The largest absolute Gasteiger partial charge is 0.481 e. The van der Waals surface area contributed by atoms with Crippen LogP contribution < -0.4 is 5.32 Å². The zero-order valence-electron chi connectivity index (χ0n) is 12.5. The van der Waals surface area contributed by atoms with Gasteiger partial charge in [0, 0.05) is 12.8 Å². The molecule has 1 aromatic carbocycles. The van der Waals surface area contributed by atoms with Crippen LogP contribution >= 0.6 is 0 Å². The number of rotatable bonds is 6. The van der Waals surface area contributed by atoms with E-state index < -0.39 is 29.9 Å². The Labute approximate surface area is 132 Å². The smallest absolute Gasteiger partial charge is 0.410 e. The number of amides is 1. The van der Waals surface area contributed by atoms with Crippen LogP contribution in [0.5, 0.6) is 0 Å². The number of ether oxygens (including phenoxy) is 1. The van der Waals surface area contributed by atoms with Gasteiger partial charge in [-0.2, -0.15) is 0 Å². The lowest BCUT2D eigenvalue weighted by molar-refractivity contribution is -0.137. The Hall–Kier alpha value is -2.18. The van der Waals surface area contributed by atoms with Gasteiger partial charge in [-0.3, -0.25) is 10.1 Å². The highest BCUT2D eigenvalue weighted by Gasteiger charge is 2.50. The number of hydrogen-bond donors (Lipinski definition) is 2. The van der Waals surface area contributed by atoms with E-state index in [0.717, 1.165) is 5.56 Å². The molecular formula is C16H19F2NO4. The van der Waals surface area contributed by atoms with E-state index in [1.165, 1.54) is 0 Å². The fourth-order valence-corrected chi connectivity index (χ4v) is 2.72. The van der Waals surface area contributed by atoms with Crippen molar-refractivity contribution in [2.45, 2.75) is 44.3 Å². The SMILES string of the molecule is O=C(O)CCC1CC(F)C(F)(NC(=O)OCc2ccccc2)C1. The lowest BCUT2D eigenvalue weighted by Gasteiger charge is -2.23. The van der Waals surface area contributed by atoms with Gasteiger partial charge in [0.25, 0.3) is 0 Å². The Morgan fingerprint density at radius 3 is 2.70 bits per heavy atom. The third-order valence-corrected chi connectivity index (χ3v) is 3.91. The third-order valence-electron chi connectivity index (χ3n) is 3.91. The summed E-state index contributed by atoms with van der Waals surface area (Å²) in [7, 11) is 0. The molecule has 0 saturated heterocycles. The molecule has 1 amide bonds. The molecule has 1 fully saturated rings. The standard InChI is InChI=1S/C16H19F2NO4/c17-13-8-12(6-7-14(20)21)9-16(13,18)19-15(22)23-10-11-4-2-1-3-5-11/h1-5,12-13H,6-10H2,(H,19,22)(H,20,21). The highest BCUT2D eigenvalue weighted by atomic mass is 19.2. The van der Waals surface area contributed by atoms with Gasteiger partial charge in [-0.25, -0.2) is 13.6 Å². The van der Waals surface area contributed by atoms with Crippen LogP contribution in [0.2, 0.25) is 0 Å². The van der Waals surface area contributed by atoms with Crippen LogP contribution in [0.15, 0.2) is 30.3 Å². The first-order valence-electron chi connectivity index (χ1n) is 7.42. The Morgan fingerprint density at radius 1 is 1.35 bits per heavy atom. The Morgan fingerprint density at radius 2 is 2.04 bits per heavy atom. The van der Waals surface area contributed by atoms with E-state index in [4.69, 9.17) is 9.84 Å². The summed E-state index contributed by atoms with van der Waals surface area (Å²) in [5, 5.41) is 10.6. The maximum Gasteiger partial charge on any atom is 0.410 e. The molecule has 0 aliphatic heterocycles. The van der Waals surface area contributed by atoms with Crippen molar-refractivity contribution in [3.8, 4) is 0 Å². The molecule has 0 aromatic heterocycles. The second kappa shape index (κ2) is 7.39. The van der Waals surface area contributed by atoms with Gasteiger partial charge in [0.05, 0.1) is 0 Å². The lowest BCUT2D eigenvalue weighted by Crippen LogP contribution is -2.48. The maximum atomic E-state index is 14.5. The van der Waals surface area contributed by atoms with E-state index in [1.807, 2.05) is 11.4 Å². The summed E-state index contributed by atoms with van der Waals surface area (Å²) in [5.41, 5.74) is 0.734. The van der Waals surface area contributed by atoms with Gasteiger partial charge in [-0.1, -0.05) is 30.3 Å². The van der Waals surface area contributed by atoms with Crippen molar-refractivity contribution in [2.75, 3.05) is 0 Å². The molecular weight excluding hydrogens is 308 g/mol. The predicted octanol–water partition coefficient (Wildman–Crippen LogP) is 3.19. The quantitative estimate of drug-likeness (QED) is 0.787. The molecule has 0 radical (unpaired) electrons. The average Bonchev–Trinajstić information content (AvgIpc) is 2.79. The zero-order valence-corrected chi connectivity index (χ0v) is 12.5. The fraction of sp³-hybridized carbons (Fsp3) is 0.500. The summed E-state index contributed by atoms with van der Waals surface area (Å²) >= 11 is 0. The van der Waals surface area contributed by atoms with Gasteiger partial charge in [0.1, 0.15) is 6.61 Å². The number of carbonyl (C=O) groups is 2. The van der Waals surface area contributed by atoms with Gasteiger partial charge < -0.3 is 9.84 Å². The van der Waals surface area contributed by atoms with Crippen molar-refractivity contribution in [2.24, 2.45) is 5.92 Å². The molecule has 23 heavy (non-hydrogen) atoms. The summed E-state index contributed by atoms with van der Waals surface area (Å²) in [5.74, 6) is -3.93. The fourth-order valence-electron chi connectivity index (χ4n) is 2.72. The average molecular weight is 327 g/mol. The number of carboxylic acid groups (broad SMARTS) is 1. The molecule has 126 valence electrons. The number of hydrogen-bond acceptors (Lipinski definition) is 3. The minimum Gasteiger partial charge on any atom is -0.481 e. The van der Waals surface area contributed by atoms with E-state index in [9.17, 15) is 18.4 Å². The second-order valence-corrected chi connectivity index (χ2v) is 5.76. The monoisotopic (exact) mass is 327 g/mol. The summed E-state index contributed by atoms with van der Waals surface area (Å²) in [4.78, 5) is 22.2. The number of carbonyl (C=O) groups excluding carboxylic acids is 1. The maximum absolute atomic E-state index is 14.5. The van der Waals surface area contributed by atoms with Crippen molar-refractivity contribution >= 4 is 12.1 Å². The molecule has 0 bridgehead atoms. The highest BCUT2D eigenvalue weighted by molar-refractivity contribution is 5.68. The molecule has 2 N–H and O–H groups in total. The topological polar surface area (TPSA) is 75.6 Å². The van der Waals surface area contributed by atoms with Crippen molar-refractivity contribution in [1.82, 2.24) is 5.32 Å². The molecule has 0 heterocycles. The summed E-state index contributed by atoms with van der Waals surface area (Å²) in [6, 6.07) is 8.84. The Kier molecular flexibility index (Phi) is 5.52. The molecule has 3 unspecified atom stereocenters. The van der Waals surface area contributed by atoms with E-state index in [-0.39, 0.29) is 32.3 Å². The van der Waals surface area contributed by atoms with Gasteiger partial charge in [0.15, 0.2) is 6.17 Å². The third kappa shape index (κ3) is 4.91. The van der Waals surface area contributed by atoms with Gasteiger partial charge in [-0.15, -0.1) is 0 Å². The lowest BCUT2D eigenvalue weighted by atomic mass is 10.0. The van der Waals surface area contributed by atoms with Crippen molar-refractivity contribution in [3.63, 3.8) is 0 Å². The van der Waals surface area contributed by atoms with Crippen LogP contribution in [-0.4, -0.2) is 29.1 Å². The van der Waals surface area contributed by atoms with Crippen molar-refractivity contribution in [3.05, 3.63) is 35.9 Å². The van der Waals surface area contributed by atoms with Crippen LogP contribution in [0.4, 0.5) is 13.6 Å². The number of benzene rings is 1. The number of halogens is 2. The molecule has 1 aliphatic carbocycles. The zero-order chi connectivity index (χ0) is 16.9. The second-order valence-electron chi connectivity index (χ2n) is 5.76. The Balaban J connectivity index is 1.83. The minimum absolute atomic E-state index is 0.0395. The number of carboxylic acids is 1. The van der Waals surface area contributed by atoms with Gasteiger partial charge in [0.2, 0.25) is 5.79 Å². The number of nitrogens with one attached hydrogen (secondary N) is 1. The first-order valence-corrected chi connectivity index (χ1v) is 7.42. The van der Waals surface area contributed by atoms with E-state index >= 15 is 0 Å². The number of alkyl halides is 2. The van der Waals surface area contributed by atoms with Gasteiger partial charge in [-0.05, 0) is 24.3 Å².